The molecule has 2 aromatic rings. The summed E-state index contributed by atoms with van der Waals surface area (Å²) in [6.45, 7) is -0.232. The first kappa shape index (κ1) is 15.8. The molecule has 0 amide bonds. The summed E-state index contributed by atoms with van der Waals surface area (Å²) in [5.74, 6) is -3.27. The quantitative estimate of drug-likeness (QED) is 0.799. The summed E-state index contributed by atoms with van der Waals surface area (Å²) in [7, 11) is 0. The van der Waals surface area contributed by atoms with Gasteiger partial charge in [-0.3, -0.25) is 0 Å². The Bertz CT molecular complexity index is 642. The van der Waals surface area contributed by atoms with E-state index < -0.39 is 29.4 Å². The summed E-state index contributed by atoms with van der Waals surface area (Å²) < 4.78 is 52.9. The molecule has 0 saturated heterocycles. The van der Waals surface area contributed by atoms with Crippen LogP contribution in [0.25, 0.3) is 0 Å². The van der Waals surface area contributed by atoms with Gasteiger partial charge in [0.2, 0.25) is 0 Å². The van der Waals surface area contributed by atoms with Gasteiger partial charge in [-0.05, 0) is 28.1 Å². The third-order valence-corrected chi connectivity index (χ3v) is 3.43. The van der Waals surface area contributed by atoms with Gasteiger partial charge in [-0.15, -0.1) is 0 Å². The molecule has 2 nitrogen and oxygen atoms in total. The SMILES string of the molecule is OC(CNc1c(F)cc(F)cc1Br)c1ccc(F)cc1F. The number of halogens is 5. The van der Waals surface area contributed by atoms with Crippen LogP contribution in [-0.2, 0) is 0 Å². The highest BCUT2D eigenvalue weighted by atomic mass is 79.9. The Hall–Kier alpha value is -1.60. The number of nitrogens with one attached hydrogen (secondary N) is 1. The van der Waals surface area contributed by atoms with Crippen molar-refractivity contribution in [2.75, 3.05) is 11.9 Å². The van der Waals surface area contributed by atoms with E-state index in [0.29, 0.717) is 12.1 Å². The Balaban J connectivity index is 2.13. The minimum absolute atomic E-state index is 0.0574. The van der Waals surface area contributed by atoms with E-state index in [2.05, 4.69) is 21.2 Å². The molecule has 0 aliphatic rings. The fourth-order valence-electron chi connectivity index (χ4n) is 1.79. The Labute approximate surface area is 126 Å². The molecule has 0 heterocycles. The van der Waals surface area contributed by atoms with Crippen LogP contribution in [0.5, 0.6) is 0 Å². The normalized spacial score (nSPS) is 12.3. The van der Waals surface area contributed by atoms with Crippen LogP contribution in [0.1, 0.15) is 11.7 Å². The molecule has 0 bridgehead atoms. The molecule has 0 saturated carbocycles. The van der Waals surface area contributed by atoms with E-state index in [1.165, 1.54) is 0 Å². The van der Waals surface area contributed by atoms with Gasteiger partial charge in [-0.25, -0.2) is 17.6 Å². The molecule has 0 radical (unpaired) electrons. The van der Waals surface area contributed by atoms with E-state index in [-0.39, 0.29) is 22.3 Å². The lowest BCUT2D eigenvalue weighted by molar-refractivity contribution is 0.186. The number of hydrogen-bond acceptors (Lipinski definition) is 2. The van der Waals surface area contributed by atoms with Gasteiger partial charge < -0.3 is 10.4 Å². The zero-order valence-electron chi connectivity index (χ0n) is 10.5. The Morgan fingerprint density at radius 1 is 1.00 bits per heavy atom. The van der Waals surface area contributed by atoms with E-state index in [9.17, 15) is 22.7 Å². The van der Waals surface area contributed by atoms with Crippen molar-refractivity contribution < 1.29 is 22.7 Å². The number of rotatable bonds is 4. The molecule has 21 heavy (non-hydrogen) atoms. The first-order valence-corrected chi connectivity index (χ1v) is 6.69. The van der Waals surface area contributed by atoms with Crippen LogP contribution in [0.3, 0.4) is 0 Å². The number of hydrogen-bond donors (Lipinski definition) is 2. The van der Waals surface area contributed by atoms with E-state index in [4.69, 9.17) is 0 Å². The zero-order chi connectivity index (χ0) is 15.6. The molecule has 0 aliphatic carbocycles. The van der Waals surface area contributed by atoms with Crippen LogP contribution in [0.15, 0.2) is 34.8 Å². The molecule has 7 heteroatoms. The minimum Gasteiger partial charge on any atom is -0.386 e. The maximum Gasteiger partial charge on any atom is 0.150 e. The van der Waals surface area contributed by atoms with Crippen molar-refractivity contribution in [3.63, 3.8) is 0 Å². The van der Waals surface area contributed by atoms with Gasteiger partial charge in [0.25, 0.3) is 0 Å². The molecule has 1 atom stereocenters. The molecule has 2 N–H and O–H groups in total. The van der Waals surface area contributed by atoms with Gasteiger partial charge in [-0.1, -0.05) is 6.07 Å². The first-order valence-electron chi connectivity index (χ1n) is 5.90. The predicted octanol–water partition coefficient (Wildman–Crippen LogP) is 4.15. The van der Waals surface area contributed by atoms with Crippen LogP contribution >= 0.6 is 15.9 Å². The van der Waals surface area contributed by atoms with Crippen molar-refractivity contribution in [3.05, 3.63) is 63.6 Å². The molecular formula is C14H10BrF4NO. The van der Waals surface area contributed by atoms with Gasteiger partial charge in [0, 0.05) is 28.7 Å². The lowest BCUT2D eigenvalue weighted by atomic mass is 10.1. The lowest BCUT2D eigenvalue weighted by Gasteiger charge is -2.15. The smallest absolute Gasteiger partial charge is 0.150 e. The second-order valence-corrected chi connectivity index (χ2v) is 5.16. The number of anilines is 1. The van der Waals surface area contributed by atoms with Crippen molar-refractivity contribution in [2.24, 2.45) is 0 Å². The Morgan fingerprint density at radius 3 is 2.29 bits per heavy atom. The Morgan fingerprint density at radius 2 is 1.67 bits per heavy atom. The summed E-state index contributed by atoms with van der Waals surface area (Å²) in [6.07, 6.45) is -1.32. The molecule has 0 aliphatic heterocycles. The largest absolute Gasteiger partial charge is 0.386 e. The summed E-state index contributed by atoms with van der Waals surface area (Å²) in [6, 6.07) is 4.49. The van der Waals surface area contributed by atoms with Gasteiger partial charge in [0.15, 0.2) is 0 Å². The van der Waals surface area contributed by atoms with Crippen LogP contribution < -0.4 is 5.32 Å². The summed E-state index contributed by atoms with van der Waals surface area (Å²) >= 11 is 2.98. The highest BCUT2D eigenvalue weighted by Gasteiger charge is 2.15. The molecule has 2 aromatic carbocycles. The fraction of sp³-hybridized carbons (Fsp3) is 0.143. The van der Waals surface area contributed by atoms with Crippen molar-refractivity contribution in [2.45, 2.75) is 6.10 Å². The molecule has 0 aromatic heterocycles. The lowest BCUT2D eigenvalue weighted by Crippen LogP contribution is -2.15. The van der Waals surface area contributed by atoms with Crippen molar-refractivity contribution in [1.29, 1.82) is 0 Å². The van der Waals surface area contributed by atoms with Crippen molar-refractivity contribution in [1.82, 2.24) is 0 Å². The topological polar surface area (TPSA) is 32.3 Å². The van der Waals surface area contributed by atoms with E-state index in [0.717, 1.165) is 18.2 Å². The molecule has 2 rings (SSSR count). The highest BCUT2D eigenvalue weighted by molar-refractivity contribution is 9.10. The van der Waals surface area contributed by atoms with Gasteiger partial charge >= 0.3 is 0 Å². The Kier molecular flexibility index (Phi) is 4.84. The van der Waals surface area contributed by atoms with Gasteiger partial charge in [0.05, 0.1) is 11.8 Å². The van der Waals surface area contributed by atoms with Crippen molar-refractivity contribution >= 4 is 21.6 Å². The highest BCUT2D eigenvalue weighted by Crippen LogP contribution is 2.28. The van der Waals surface area contributed by atoms with Gasteiger partial charge in [0.1, 0.15) is 23.3 Å². The molecule has 0 fully saturated rings. The summed E-state index contributed by atoms with van der Waals surface area (Å²) in [5.41, 5.74) is -0.180. The van der Waals surface area contributed by atoms with E-state index >= 15 is 0 Å². The standard InChI is InChI=1S/C14H10BrF4NO/c15-10-3-8(17)5-12(19)14(10)20-6-13(21)9-2-1-7(16)4-11(9)18/h1-5,13,20-21H,6H2. The molecular weight excluding hydrogens is 354 g/mol. The monoisotopic (exact) mass is 363 g/mol. The van der Waals surface area contributed by atoms with E-state index in [1.807, 2.05) is 0 Å². The third kappa shape index (κ3) is 3.74. The summed E-state index contributed by atoms with van der Waals surface area (Å²) in [4.78, 5) is 0. The van der Waals surface area contributed by atoms with Crippen molar-refractivity contribution in [3.8, 4) is 0 Å². The minimum atomic E-state index is -1.32. The van der Waals surface area contributed by atoms with Crippen LogP contribution in [0.4, 0.5) is 23.2 Å². The maximum absolute atomic E-state index is 13.6. The molecule has 0 spiro atoms. The second-order valence-electron chi connectivity index (χ2n) is 4.31. The first-order chi connectivity index (χ1) is 9.88. The average molecular weight is 364 g/mol. The second kappa shape index (κ2) is 6.44. The predicted molar refractivity (Wildman–Crippen MR) is 73.9 cm³/mol. The number of aliphatic hydroxyl groups excluding tert-OH is 1. The maximum atomic E-state index is 13.6. The van der Waals surface area contributed by atoms with Crippen LogP contribution in [0, 0.1) is 23.3 Å². The third-order valence-electron chi connectivity index (χ3n) is 2.80. The zero-order valence-corrected chi connectivity index (χ0v) is 12.1. The summed E-state index contributed by atoms with van der Waals surface area (Å²) in [5, 5.41) is 12.4. The fourth-order valence-corrected chi connectivity index (χ4v) is 2.34. The van der Waals surface area contributed by atoms with Crippen LogP contribution in [-0.4, -0.2) is 11.7 Å². The molecule has 1 unspecified atom stereocenters. The van der Waals surface area contributed by atoms with E-state index in [1.54, 1.807) is 0 Å². The van der Waals surface area contributed by atoms with Crippen LogP contribution in [0.2, 0.25) is 0 Å². The number of aliphatic hydroxyl groups is 1. The average Bonchev–Trinajstić information content (AvgIpc) is 2.36. The van der Waals surface area contributed by atoms with Gasteiger partial charge in [-0.2, -0.15) is 0 Å². The number of benzene rings is 2. The molecule has 112 valence electrons.